The summed E-state index contributed by atoms with van der Waals surface area (Å²) < 4.78 is 16.4. The summed E-state index contributed by atoms with van der Waals surface area (Å²) >= 11 is 0. The number of nitrogens with one attached hydrogen (secondary N) is 1. The Morgan fingerprint density at radius 2 is 1.70 bits per heavy atom. The molecule has 142 valence electrons. The maximum Gasteiger partial charge on any atom is 0.248 e. The van der Waals surface area contributed by atoms with E-state index in [9.17, 15) is 4.79 Å². The average molecular weight is 367 g/mol. The van der Waals surface area contributed by atoms with Crippen molar-refractivity contribution in [3.05, 3.63) is 54.1 Å². The molecule has 0 spiro atoms. The molecule has 1 N–H and O–H groups in total. The van der Waals surface area contributed by atoms with E-state index in [1.807, 2.05) is 36.4 Å². The number of amides is 1. The first-order chi connectivity index (χ1) is 13.2. The topological polar surface area (TPSA) is 56.8 Å². The largest absolute Gasteiger partial charge is 0.493 e. The third-order valence-corrected chi connectivity index (χ3v) is 4.56. The molecule has 1 saturated carbocycles. The van der Waals surface area contributed by atoms with Crippen LogP contribution in [-0.2, 0) is 4.79 Å². The summed E-state index contributed by atoms with van der Waals surface area (Å²) in [5.74, 6) is 1.92. The van der Waals surface area contributed by atoms with E-state index in [1.165, 1.54) is 18.9 Å². The Morgan fingerprint density at radius 3 is 2.37 bits per heavy atom. The SMILES string of the molecule is COc1ccc(/C=C/C(=O)Nc2ccc(OC3CCCC3)cc2)cc1OC. The first-order valence-electron chi connectivity index (χ1n) is 9.16. The summed E-state index contributed by atoms with van der Waals surface area (Å²) in [6.07, 6.45) is 8.28. The molecule has 0 atom stereocenters. The smallest absolute Gasteiger partial charge is 0.248 e. The first-order valence-corrected chi connectivity index (χ1v) is 9.16. The predicted octanol–water partition coefficient (Wildman–Crippen LogP) is 4.68. The number of methoxy groups -OCH3 is 2. The van der Waals surface area contributed by atoms with Gasteiger partial charge in [-0.2, -0.15) is 0 Å². The Hall–Kier alpha value is -2.95. The van der Waals surface area contributed by atoms with E-state index in [0.717, 1.165) is 29.8 Å². The van der Waals surface area contributed by atoms with Crippen LogP contribution in [0.25, 0.3) is 6.08 Å². The van der Waals surface area contributed by atoms with Crippen molar-refractivity contribution in [2.45, 2.75) is 31.8 Å². The monoisotopic (exact) mass is 367 g/mol. The molecule has 3 rings (SSSR count). The van der Waals surface area contributed by atoms with Crippen molar-refractivity contribution in [3.63, 3.8) is 0 Å². The van der Waals surface area contributed by atoms with Crippen LogP contribution in [-0.4, -0.2) is 26.2 Å². The molecule has 2 aromatic rings. The normalized spacial score (nSPS) is 14.3. The summed E-state index contributed by atoms with van der Waals surface area (Å²) in [4.78, 5) is 12.1. The fourth-order valence-electron chi connectivity index (χ4n) is 3.13. The van der Waals surface area contributed by atoms with E-state index in [4.69, 9.17) is 14.2 Å². The molecule has 0 radical (unpaired) electrons. The van der Waals surface area contributed by atoms with Crippen LogP contribution in [0, 0.1) is 0 Å². The molecule has 0 saturated heterocycles. The Morgan fingerprint density at radius 1 is 1.00 bits per heavy atom. The van der Waals surface area contributed by atoms with E-state index < -0.39 is 0 Å². The summed E-state index contributed by atoms with van der Waals surface area (Å²) in [6, 6.07) is 13.0. The van der Waals surface area contributed by atoms with Gasteiger partial charge in [-0.15, -0.1) is 0 Å². The third kappa shape index (κ3) is 5.26. The Labute approximate surface area is 159 Å². The lowest BCUT2D eigenvalue weighted by atomic mass is 10.2. The van der Waals surface area contributed by atoms with E-state index in [-0.39, 0.29) is 5.91 Å². The number of benzene rings is 2. The van der Waals surface area contributed by atoms with Gasteiger partial charge >= 0.3 is 0 Å². The Bertz CT molecular complexity index is 792. The summed E-state index contributed by atoms with van der Waals surface area (Å²) in [7, 11) is 3.17. The van der Waals surface area contributed by atoms with Gasteiger partial charge in [0.2, 0.25) is 5.91 Å². The second kappa shape index (κ2) is 9.12. The number of ether oxygens (including phenoxy) is 3. The van der Waals surface area contributed by atoms with Crippen molar-refractivity contribution >= 4 is 17.7 Å². The van der Waals surface area contributed by atoms with E-state index in [0.29, 0.717) is 17.6 Å². The molecule has 1 amide bonds. The molecule has 5 heteroatoms. The lowest BCUT2D eigenvalue weighted by molar-refractivity contribution is -0.111. The molecule has 2 aromatic carbocycles. The summed E-state index contributed by atoms with van der Waals surface area (Å²) in [5, 5.41) is 2.85. The molecule has 27 heavy (non-hydrogen) atoms. The highest BCUT2D eigenvalue weighted by molar-refractivity contribution is 6.01. The highest BCUT2D eigenvalue weighted by Crippen LogP contribution is 2.28. The van der Waals surface area contributed by atoms with Gasteiger partial charge in [0.15, 0.2) is 11.5 Å². The molecule has 0 bridgehead atoms. The van der Waals surface area contributed by atoms with Crippen molar-refractivity contribution in [1.29, 1.82) is 0 Å². The van der Waals surface area contributed by atoms with Gasteiger partial charge in [-0.25, -0.2) is 0 Å². The number of hydrogen-bond acceptors (Lipinski definition) is 4. The summed E-state index contributed by atoms with van der Waals surface area (Å²) in [6.45, 7) is 0. The molecule has 0 aromatic heterocycles. The maximum atomic E-state index is 12.1. The zero-order chi connectivity index (χ0) is 19.1. The van der Waals surface area contributed by atoms with Gasteiger partial charge in [0, 0.05) is 11.8 Å². The quantitative estimate of drug-likeness (QED) is 0.722. The third-order valence-electron chi connectivity index (χ3n) is 4.56. The van der Waals surface area contributed by atoms with Crippen LogP contribution >= 0.6 is 0 Å². The highest BCUT2D eigenvalue weighted by atomic mass is 16.5. The van der Waals surface area contributed by atoms with Crippen LogP contribution in [0.1, 0.15) is 31.2 Å². The van der Waals surface area contributed by atoms with Crippen LogP contribution in [0.4, 0.5) is 5.69 Å². The molecule has 1 fully saturated rings. The summed E-state index contributed by atoms with van der Waals surface area (Å²) in [5.41, 5.74) is 1.58. The van der Waals surface area contributed by atoms with Gasteiger partial charge in [-0.05, 0) is 73.7 Å². The molecule has 0 heterocycles. The standard InChI is InChI=1S/C22H25NO4/c1-25-20-13-7-16(15-21(20)26-2)8-14-22(24)23-17-9-11-19(12-10-17)27-18-5-3-4-6-18/h7-15,18H,3-6H2,1-2H3,(H,23,24)/b14-8+. The number of rotatable bonds is 7. The van der Waals surface area contributed by atoms with E-state index in [1.54, 1.807) is 26.4 Å². The van der Waals surface area contributed by atoms with Gasteiger partial charge in [0.1, 0.15) is 5.75 Å². The van der Waals surface area contributed by atoms with Gasteiger partial charge in [-0.1, -0.05) is 6.07 Å². The van der Waals surface area contributed by atoms with Crippen LogP contribution in [0.3, 0.4) is 0 Å². The van der Waals surface area contributed by atoms with Gasteiger partial charge in [-0.3, -0.25) is 4.79 Å². The lowest BCUT2D eigenvalue weighted by Gasteiger charge is -2.13. The number of hydrogen-bond donors (Lipinski definition) is 1. The fourth-order valence-corrected chi connectivity index (χ4v) is 3.13. The van der Waals surface area contributed by atoms with E-state index in [2.05, 4.69) is 5.32 Å². The number of anilines is 1. The van der Waals surface area contributed by atoms with Crippen molar-refractivity contribution in [1.82, 2.24) is 0 Å². The van der Waals surface area contributed by atoms with Gasteiger partial charge < -0.3 is 19.5 Å². The Balaban J connectivity index is 1.56. The van der Waals surface area contributed by atoms with Gasteiger partial charge in [0.25, 0.3) is 0 Å². The average Bonchev–Trinajstić information content (AvgIpc) is 3.20. The maximum absolute atomic E-state index is 12.1. The van der Waals surface area contributed by atoms with Crippen LogP contribution < -0.4 is 19.5 Å². The molecular weight excluding hydrogens is 342 g/mol. The van der Waals surface area contributed by atoms with Crippen molar-refractivity contribution in [2.24, 2.45) is 0 Å². The highest BCUT2D eigenvalue weighted by Gasteiger charge is 2.16. The van der Waals surface area contributed by atoms with Gasteiger partial charge in [0.05, 0.1) is 20.3 Å². The number of carbonyl (C=O) groups is 1. The van der Waals surface area contributed by atoms with Crippen molar-refractivity contribution in [2.75, 3.05) is 19.5 Å². The Kier molecular flexibility index (Phi) is 6.36. The minimum atomic E-state index is -0.200. The zero-order valence-corrected chi connectivity index (χ0v) is 15.7. The zero-order valence-electron chi connectivity index (χ0n) is 15.7. The molecule has 0 aliphatic heterocycles. The van der Waals surface area contributed by atoms with Crippen LogP contribution in [0.2, 0.25) is 0 Å². The minimum absolute atomic E-state index is 0.200. The molecule has 1 aliphatic rings. The minimum Gasteiger partial charge on any atom is -0.493 e. The lowest BCUT2D eigenvalue weighted by Crippen LogP contribution is -2.11. The molecule has 5 nitrogen and oxygen atoms in total. The second-order valence-corrected chi connectivity index (χ2v) is 6.49. The van der Waals surface area contributed by atoms with Crippen LogP contribution in [0.15, 0.2) is 48.5 Å². The predicted molar refractivity (Wildman–Crippen MR) is 107 cm³/mol. The van der Waals surface area contributed by atoms with E-state index >= 15 is 0 Å². The fraction of sp³-hybridized carbons (Fsp3) is 0.318. The van der Waals surface area contributed by atoms with Crippen molar-refractivity contribution < 1.29 is 19.0 Å². The molecular formula is C22H25NO4. The molecule has 1 aliphatic carbocycles. The van der Waals surface area contributed by atoms with Crippen LogP contribution in [0.5, 0.6) is 17.2 Å². The first kappa shape index (κ1) is 18.8. The second-order valence-electron chi connectivity index (χ2n) is 6.49. The number of carbonyl (C=O) groups excluding carboxylic acids is 1. The molecule has 0 unspecified atom stereocenters. The van der Waals surface area contributed by atoms with Crippen molar-refractivity contribution in [3.8, 4) is 17.2 Å².